The predicted octanol–water partition coefficient (Wildman–Crippen LogP) is 1.08. The molecule has 1 unspecified atom stereocenters. The van der Waals surface area contributed by atoms with Crippen LogP contribution < -0.4 is 5.32 Å². The molecule has 3 nitrogen and oxygen atoms in total. The molecule has 2 N–H and O–H groups in total. The number of aliphatic hydroxyl groups excluding tert-OH is 1. The first-order valence-electron chi connectivity index (χ1n) is 6.29. The van der Waals surface area contributed by atoms with Gasteiger partial charge in [-0.25, -0.2) is 0 Å². The van der Waals surface area contributed by atoms with Gasteiger partial charge in [0, 0.05) is 19.1 Å². The van der Waals surface area contributed by atoms with Gasteiger partial charge in [-0.15, -0.1) is 0 Å². The van der Waals surface area contributed by atoms with E-state index in [9.17, 15) is 5.11 Å². The molecule has 0 aromatic rings. The Labute approximate surface area is 93.9 Å². The monoisotopic (exact) mass is 214 g/mol. The second-order valence-corrected chi connectivity index (χ2v) is 5.01. The van der Waals surface area contributed by atoms with Crippen LogP contribution in [0.4, 0.5) is 0 Å². The fourth-order valence-electron chi connectivity index (χ4n) is 2.22. The fourth-order valence-corrected chi connectivity index (χ4v) is 2.22. The van der Waals surface area contributed by atoms with E-state index in [2.05, 4.69) is 24.1 Å². The lowest BCUT2D eigenvalue weighted by atomic mass is 10.0. The molecule has 0 radical (unpaired) electrons. The summed E-state index contributed by atoms with van der Waals surface area (Å²) in [6, 6.07) is 0.285. The smallest absolute Gasteiger partial charge is 0.0584 e. The fraction of sp³-hybridized carbons (Fsp3) is 1.00. The van der Waals surface area contributed by atoms with E-state index in [1.54, 1.807) is 0 Å². The Kier molecular flexibility index (Phi) is 6.22. The minimum Gasteiger partial charge on any atom is -0.395 e. The Morgan fingerprint density at radius 3 is 2.47 bits per heavy atom. The summed E-state index contributed by atoms with van der Waals surface area (Å²) in [6.45, 7) is 9.33. The van der Waals surface area contributed by atoms with Crippen molar-refractivity contribution in [2.45, 2.75) is 39.2 Å². The zero-order chi connectivity index (χ0) is 11.1. The number of rotatable bonds is 7. The maximum atomic E-state index is 9.19. The van der Waals surface area contributed by atoms with Crippen LogP contribution in [0, 0.1) is 5.92 Å². The van der Waals surface area contributed by atoms with Crippen molar-refractivity contribution in [3.63, 3.8) is 0 Å². The number of aliphatic hydroxyl groups is 1. The molecule has 1 heterocycles. The van der Waals surface area contributed by atoms with Crippen LogP contribution in [0.2, 0.25) is 0 Å². The average molecular weight is 214 g/mol. The Hall–Kier alpha value is -0.120. The van der Waals surface area contributed by atoms with Gasteiger partial charge in [0.1, 0.15) is 0 Å². The molecular weight excluding hydrogens is 188 g/mol. The highest BCUT2D eigenvalue weighted by atomic mass is 16.3. The highest BCUT2D eigenvalue weighted by Crippen LogP contribution is 2.06. The molecule has 1 atom stereocenters. The molecule has 0 saturated carbocycles. The summed E-state index contributed by atoms with van der Waals surface area (Å²) in [5.74, 6) is 0.654. The van der Waals surface area contributed by atoms with Crippen molar-refractivity contribution in [1.82, 2.24) is 10.2 Å². The molecule has 0 amide bonds. The van der Waals surface area contributed by atoms with Gasteiger partial charge in [-0.2, -0.15) is 0 Å². The molecule has 1 aliphatic rings. The van der Waals surface area contributed by atoms with E-state index in [1.807, 2.05) is 0 Å². The van der Waals surface area contributed by atoms with Crippen LogP contribution in [0.3, 0.4) is 0 Å². The summed E-state index contributed by atoms with van der Waals surface area (Å²) >= 11 is 0. The van der Waals surface area contributed by atoms with Crippen molar-refractivity contribution in [2.24, 2.45) is 5.92 Å². The van der Waals surface area contributed by atoms with Crippen LogP contribution in [-0.2, 0) is 0 Å². The Balaban J connectivity index is 2.05. The predicted molar refractivity (Wildman–Crippen MR) is 64.0 cm³/mol. The molecule has 0 spiro atoms. The topological polar surface area (TPSA) is 35.5 Å². The maximum absolute atomic E-state index is 9.19. The number of nitrogens with one attached hydrogen (secondary N) is 1. The molecule has 3 heteroatoms. The Morgan fingerprint density at radius 2 is 1.93 bits per heavy atom. The third-order valence-corrected chi connectivity index (χ3v) is 3.04. The van der Waals surface area contributed by atoms with Crippen LogP contribution in [0.25, 0.3) is 0 Å². The molecule has 0 aromatic heterocycles. The van der Waals surface area contributed by atoms with E-state index >= 15 is 0 Å². The third kappa shape index (κ3) is 5.50. The van der Waals surface area contributed by atoms with Crippen molar-refractivity contribution < 1.29 is 5.11 Å². The summed E-state index contributed by atoms with van der Waals surface area (Å²) in [7, 11) is 0. The molecule has 1 rings (SSSR count). The molecule has 1 fully saturated rings. The van der Waals surface area contributed by atoms with Gasteiger partial charge in [0.25, 0.3) is 0 Å². The van der Waals surface area contributed by atoms with E-state index in [0.29, 0.717) is 5.92 Å². The summed E-state index contributed by atoms with van der Waals surface area (Å²) in [5.41, 5.74) is 0. The number of hydrogen-bond donors (Lipinski definition) is 2. The lowest BCUT2D eigenvalue weighted by molar-refractivity contribution is 0.218. The second kappa shape index (κ2) is 7.20. The van der Waals surface area contributed by atoms with Crippen molar-refractivity contribution in [3.8, 4) is 0 Å². The zero-order valence-corrected chi connectivity index (χ0v) is 10.2. The van der Waals surface area contributed by atoms with Crippen molar-refractivity contribution >= 4 is 0 Å². The maximum Gasteiger partial charge on any atom is 0.0584 e. The van der Waals surface area contributed by atoms with Crippen LogP contribution in [0.1, 0.15) is 33.1 Å². The number of hydrogen-bond acceptors (Lipinski definition) is 3. The van der Waals surface area contributed by atoms with Crippen molar-refractivity contribution in [1.29, 1.82) is 0 Å². The summed E-state index contributed by atoms with van der Waals surface area (Å²) in [4.78, 5) is 2.50. The van der Waals surface area contributed by atoms with E-state index < -0.39 is 0 Å². The standard InChI is InChI=1S/C12H26N2O/c1-11(2)9-12(10-15)13-5-8-14-6-3-4-7-14/h11-13,15H,3-10H2,1-2H3. The van der Waals surface area contributed by atoms with Gasteiger partial charge in [-0.1, -0.05) is 13.8 Å². The van der Waals surface area contributed by atoms with Gasteiger partial charge in [0.15, 0.2) is 0 Å². The minimum atomic E-state index is 0.262. The van der Waals surface area contributed by atoms with Crippen LogP contribution >= 0.6 is 0 Å². The summed E-state index contributed by atoms with van der Waals surface area (Å²) < 4.78 is 0. The van der Waals surface area contributed by atoms with Crippen LogP contribution in [0.15, 0.2) is 0 Å². The highest BCUT2D eigenvalue weighted by molar-refractivity contribution is 4.71. The normalized spacial score (nSPS) is 20.0. The third-order valence-electron chi connectivity index (χ3n) is 3.04. The van der Waals surface area contributed by atoms with E-state index in [0.717, 1.165) is 19.5 Å². The van der Waals surface area contributed by atoms with Gasteiger partial charge in [-0.05, 0) is 38.3 Å². The van der Waals surface area contributed by atoms with Crippen LogP contribution in [0.5, 0.6) is 0 Å². The van der Waals surface area contributed by atoms with Gasteiger partial charge in [-0.3, -0.25) is 0 Å². The van der Waals surface area contributed by atoms with E-state index in [4.69, 9.17) is 0 Å². The number of likely N-dealkylation sites (tertiary alicyclic amines) is 1. The van der Waals surface area contributed by atoms with Gasteiger partial charge < -0.3 is 15.3 Å². The molecule has 0 aromatic carbocycles. The molecule has 15 heavy (non-hydrogen) atoms. The molecule has 90 valence electrons. The molecule has 0 bridgehead atoms. The quantitative estimate of drug-likeness (QED) is 0.665. The molecule has 1 saturated heterocycles. The SMILES string of the molecule is CC(C)CC(CO)NCCN1CCCC1. The van der Waals surface area contributed by atoms with Crippen molar-refractivity contribution in [3.05, 3.63) is 0 Å². The summed E-state index contributed by atoms with van der Waals surface area (Å²) in [5, 5.41) is 12.6. The van der Waals surface area contributed by atoms with Crippen molar-refractivity contribution in [2.75, 3.05) is 32.8 Å². The first-order valence-corrected chi connectivity index (χ1v) is 6.29. The van der Waals surface area contributed by atoms with E-state index in [1.165, 1.54) is 25.9 Å². The first-order chi connectivity index (χ1) is 7.22. The first kappa shape index (κ1) is 12.9. The van der Waals surface area contributed by atoms with Gasteiger partial charge in [0.2, 0.25) is 0 Å². The Bertz CT molecular complexity index is 156. The van der Waals surface area contributed by atoms with Crippen LogP contribution in [-0.4, -0.2) is 48.8 Å². The number of nitrogens with zero attached hydrogens (tertiary/aromatic N) is 1. The highest BCUT2D eigenvalue weighted by Gasteiger charge is 2.12. The molecule has 1 aliphatic heterocycles. The zero-order valence-electron chi connectivity index (χ0n) is 10.2. The van der Waals surface area contributed by atoms with Gasteiger partial charge in [0.05, 0.1) is 6.61 Å². The summed E-state index contributed by atoms with van der Waals surface area (Å²) in [6.07, 6.45) is 3.78. The molecular formula is C12H26N2O. The molecule has 0 aliphatic carbocycles. The Morgan fingerprint density at radius 1 is 1.27 bits per heavy atom. The van der Waals surface area contributed by atoms with Gasteiger partial charge >= 0.3 is 0 Å². The largest absolute Gasteiger partial charge is 0.395 e. The van der Waals surface area contributed by atoms with E-state index in [-0.39, 0.29) is 12.6 Å². The second-order valence-electron chi connectivity index (χ2n) is 5.01. The minimum absolute atomic E-state index is 0.262. The lowest BCUT2D eigenvalue weighted by Crippen LogP contribution is -2.39. The average Bonchev–Trinajstić information content (AvgIpc) is 2.68. The lowest BCUT2D eigenvalue weighted by Gasteiger charge is -2.20.